The Morgan fingerprint density at radius 2 is 2.04 bits per heavy atom. The molecule has 2 atom stereocenters. The third-order valence-corrected chi connectivity index (χ3v) is 5.20. The fourth-order valence-corrected chi connectivity index (χ4v) is 3.66. The van der Waals surface area contributed by atoms with Gasteiger partial charge >= 0.3 is 0 Å². The molecule has 1 N–H and O–H groups in total. The molecule has 26 heavy (non-hydrogen) atoms. The monoisotopic (exact) mass is 361 g/mol. The third-order valence-electron chi connectivity index (χ3n) is 5.20. The van der Waals surface area contributed by atoms with Crippen molar-refractivity contribution in [3.05, 3.63) is 29.8 Å². The van der Waals surface area contributed by atoms with Crippen LogP contribution in [0.3, 0.4) is 0 Å². The van der Waals surface area contributed by atoms with E-state index in [-0.39, 0.29) is 11.8 Å². The Hall–Kier alpha value is -1.59. The molecule has 146 valence electrons. The molecule has 0 bridgehead atoms. The van der Waals surface area contributed by atoms with Gasteiger partial charge in [0, 0.05) is 25.7 Å². The summed E-state index contributed by atoms with van der Waals surface area (Å²) in [5.74, 6) is 1.26. The van der Waals surface area contributed by atoms with Crippen LogP contribution in [0.4, 0.5) is 0 Å². The Bertz CT molecular complexity index is 562. The summed E-state index contributed by atoms with van der Waals surface area (Å²) in [6, 6.07) is 8.69. The van der Waals surface area contributed by atoms with Crippen LogP contribution in [0.15, 0.2) is 24.3 Å². The van der Waals surface area contributed by atoms with Crippen LogP contribution >= 0.6 is 0 Å². The summed E-state index contributed by atoms with van der Waals surface area (Å²) in [6.45, 7) is 5.28. The van der Waals surface area contributed by atoms with Gasteiger partial charge in [0.05, 0.1) is 12.5 Å². The van der Waals surface area contributed by atoms with Gasteiger partial charge in [-0.05, 0) is 65.4 Å². The lowest BCUT2D eigenvalue weighted by Crippen LogP contribution is -2.39. The molecular formula is C21H35N3O2. The summed E-state index contributed by atoms with van der Waals surface area (Å²) >= 11 is 0. The number of ether oxygens (including phenoxy) is 1. The van der Waals surface area contributed by atoms with Crippen LogP contribution in [0, 0.1) is 5.92 Å². The Balaban J connectivity index is 1.76. The number of nitrogens with zero attached hydrogens (tertiary/aromatic N) is 2. The Morgan fingerprint density at radius 1 is 1.27 bits per heavy atom. The number of rotatable bonds is 8. The molecule has 1 saturated heterocycles. The minimum Gasteiger partial charge on any atom is -0.494 e. The van der Waals surface area contributed by atoms with E-state index in [0.29, 0.717) is 12.6 Å². The topological polar surface area (TPSA) is 44.8 Å². The number of para-hydroxylation sites is 1. The Labute approximate surface area is 158 Å². The lowest BCUT2D eigenvalue weighted by Gasteiger charge is -2.25. The molecule has 5 nitrogen and oxygen atoms in total. The number of amides is 1. The van der Waals surface area contributed by atoms with Gasteiger partial charge < -0.3 is 19.9 Å². The van der Waals surface area contributed by atoms with Crippen molar-refractivity contribution < 1.29 is 9.53 Å². The van der Waals surface area contributed by atoms with Crippen LogP contribution in [-0.2, 0) is 11.2 Å². The van der Waals surface area contributed by atoms with E-state index in [2.05, 4.69) is 42.3 Å². The first-order chi connectivity index (χ1) is 12.5. The highest BCUT2D eigenvalue weighted by atomic mass is 16.5. The van der Waals surface area contributed by atoms with E-state index >= 15 is 0 Å². The van der Waals surface area contributed by atoms with Gasteiger partial charge in [-0.2, -0.15) is 0 Å². The van der Waals surface area contributed by atoms with Crippen LogP contribution in [0.1, 0.15) is 31.7 Å². The van der Waals surface area contributed by atoms with E-state index in [9.17, 15) is 4.79 Å². The summed E-state index contributed by atoms with van der Waals surface area (Å²) in [4.78, 5) is 17.1. The predicted molar refractivity (Wildman–Crippen MR) is 107 cm³/mol. The van der Waals surface area contributed by atoms with Crippen LogP contribution in [0.5, 0.6) is 5.75 Å². The molecule has 1 aromatic rings. The number of likely N-dealkylation sites (N-methyl/N-ethyl adjacent to an activating group) is 2. The van der Waals surface area contributed by atoms with Crippen LogP contribution in [0.2, 0.25) is 0 Å². The van der Waals surface area contributed by atoms with Crippen molar-refractivity contribution in [2.45, 2.75) is 38.6 Å². The van der Waals surface area contributed by atoms with Crippen LogP contribution < -0.4 is 10.1 Å². The standard InChI is InChI=1S/C21H35N3O2/c1-5-26-20-11-7-6-9-17(20)10-8-14-22-21(25)18-12-13-19(23(2)3)16-24(4)15-18/h6-7,9,11,18-19H,5,8,10,12-16H2,1-4H3,(H,22,25)/t18-,19+/m1/s1. The number of carbonyl (C=O) groups excluding carboxylic acids is 1. The zero-order valence-corrected chi connectivity index (χ0v) is 16.8. The lowest BCUT2D eigenvalue weighted by molar-refractivity contribution is -0.125. The molecule has 1 aromatic carbocycles. The van der Waals surface area contributed by atoms with Gasteiger partial charge in [-0.1, -0.05) is 18.2 Å². The van der Waals surface area contributed by atoms with Crippen molar-refractivity contribution in [2.24, 2.45) is 5.92 Å². The average Bonchev–Trinajstić information content (AvgIpc) is 2.82. The molecule has 1 fully saturated rings. The molecule has 0 radical (unpaired) electrons. The fourth-order valence-electron chi connectivity index (χ4n) is 3.66. The molecule has 0 spiro atoms. The predicted octanol–water partition coefficient (Wildman–Crippen LogP) is 2.41. The van der Waals surface area contributed by atoms with E-state index in [1.807, 2.05) is 25.1 Å². The average molecular weight is 362 g/mol. The van der Waals surface area contributed by atoms with E-state index in [1.165, 1.54) is 5.56 Å². The first-order valence-corrected chi connectivity index (χ1v) is 9.84. The quantitative estimate of drug-likeness (QED) is 0.722. The summed E-state index contributed by atoms with van der Waals surface area (Å²) in [5.41, 5.74) is 1.21. The van der Waals surface area contributed by atoms with E-state index < -0.39 is 0 Å². The second kappa shape index (κ2) is 10.5. The lowest BCUT2D eigenvalue weighted by atomic mass is 10.0. The van der Waals surface area contributed by atoms with Crippen molar-refractivity contribution in [1.82, 2.24) is 15.1 Å². The number of aryl methyl sites for hydroxylation is 1. The van der Waals surface area contributed by atoms with Gasteiger partial charge in [0.2, 0.25) is 5.91 Å². The normalized spacial score (nSPS) is 21.4. The maximum atomic E-state index is 12.6. The Morgan fingerprint density at radius 3 is 2.77 bits per heavy atom. The molecule has 0 unspecified atom stereocenters. The minimum absolute atomic E-state index is 0.0978. The summed E-state index contributed by atoms with van der Waals surface area (Å²) < 4.78 is 5.67. The Kier molecular flexibility index (Phi) is 8.39. The molecule has 0 aliphatic carbocycles. The van der Waals surface area contributed by atoms with Gasteiger partial charge in [-0.15, -0.1) is 0 Å². The number of benzene rings is 1. The number of hydrogen-bond donors (Lipinski definition) is 1. The number of hydrogen-bond acceptors (Lipinski definition) is 4. The molecule has 0 saturated carbocycles. The number of nitrogens with one attached hydrogen (secondary N) is 1. The molecule has 1 heterocycles. The molecular weight excluding hydrogens is 326 g/mol. The molecule has 1 amide bonds. The maximum Gasteiger partial charge on any atom is 0.224 e. The smallest absolute Gasteiger partial charge is 0.224 e. The van der Waals surface area contributed by atoms with Gasteiger partial charge in [-0.25, -0.2) is 0 Å². The highest BCUT2D eigenvalue weighted by Gasteiger charge is 2.27. The van der Waals surface area contributed by atoms with Gasteiger partial charge in [0.1, 0.15) is 5.75 Å². The highest BCUT2D eigenvalue weighted by molar-refractivity contribution is 5.78. The largest absolute Gasteiger partial charge is 0.494 e. The molecule has 0 aromatic heterocycles. The SMILES string of the molecule is CCOc1ccccc1CCCNC(=O)[C@@H]1CC[C@H](N(C)C)CN(C)C1. The van der Waals surface area contributed by atoms with Gasteiger partial charge in [-0.3, -0.25) is 4.79 Å². The fraction of sp³-hybridized carbons (Fsp3) is 0.667. The summed E-state index contributed by atoms with van der Waals surface area (Å²) in [5, 5.41) is 3.15. The molecule has 2 rings (SSSR count). The second-order valence-corrected chi connectivity index (χ2v) is 7.55. The van der Waals surface area contributed by atoms with E-state index in [4.69, 9.17) is 4.74 Å². The molecule has 1 aliphatic rings. The number of likely N-dealkylation sites (tertiary alicyclic amines) is 1. The van der Waals surface area contributed by atoms with Crippen molar-refractivity contribution in [3.8, 4) is 5.75 Å². The van der Waals surface area contributed by atoms with Gasteiger partial charge in [0.15, 0.2) is 0 Å². The third kappa shape index (κ3) is 6.29. The van der Waals surface area contributed by atoms with Crippen molar-refractivity contribution in [3.63, 3.8) is 0 Å². The minimum atomic E-state index is 0.0978. The summed E-state index contributed by atoms with van der Waals surface area (Å²) in [6.07, 6.45) is 3.89. The van der Waals surface area contributed by atoms with Crippen molar-refractivity contribution in [2.75, 3.05) is 47.4 Å². The van der Waals surface area contributed by atoms with E-state index in [1.54, 1.807) is 0 Å². The molecule has 5 heteroatoms. The van der Waals surface area contributed by atoms with Crippen molar-refractivity contribution >= 4 is 5.91 Å². The zero-order valence-electron chi connectivity index (χ0n) is 16.8. The van der Waals surface area contributed by atoms with E-state index in [0.717, 1.165) is 51.1 Å². The summed E-state index contributed by atoms with van der Waals surface area (Å²) in [7, 11) is 6.37. The van der Waals surface area contributed by atoms with Crippen LogP contribution in [0.25, 0.3) is 0 Å². The first-order valence-electron chi connectivity index (χ1n) is 9.84. The zero-order chi connectivity index (χ0) is 18.9. The molecule has 1 aliphatic heterocycles. The maximum absolute atomic E-state index is 12.6. The van der Waals surface area contributed by atoms with Crippen molar-refractivity contribution in [1.29, 1.82) is 0 Å². The second-order valence-electron chi connectivity index (χ2n) is 7.55. The highest BCUT2D eigenvalue weighted by Crippen LogP contribution is 2.20. The number of carbonyl (C=O) groups is 1. The van der Waals surface area contributed by atoms with Crippen LogP contribution in [-0.4, -0.2) is 69.1 Å². The van der Waals surface area contributed by atoms with Gasteiger partial charge in [0.25, 0.3) is 0 Å². The first kappa shape index (κ1) is 20.7.